The lowest BCUT2D eigenvalue weighted by molar-refractivity contribution is -0.274. The molecule has 0 saturated carbocycles. The summed E-state index contributed by atoms with van der Waals surface area (Å²) < 4.78 is 62.7. The molecule has 1 aliphatic rings. The fraction of sp³-hybridized carbons (Fsp3) is 0.226. The monoisotopic (exact) mass is 640 g/mol. The number of benzene rings is 3. The number of aromatic nitrogens is 3. The number of hydrogen-bond acceptors (Lipinski definition) is 6. The Morgan fingerprint density at radius 2 is 1.78 bits per heavy atom. The van der Waals surface area contributed by atoms with Crippen molar-refractivity contribution in [1.29, 1.82) is 0 Å². The maximum Gasteiger partial charge on any atom is 0.573 e. The molecule has 0 atom stereocenters. The molecule has 45 heavy (non-hydrogen) atoms. The van der Waals surface area contributed by atoms with Crippen LogP contribution in [0.5, 0.6) is 11.5 Å². The van der Waals surface area contributed by atoms with E-state index in [-0.39, 0.29) is 17.2 Å². The van der Waals surface area contributed by atoms with E-state index in [1.165, 1.54) is 59.2 Å². The Hall–Kier alpha value is -4.85. The summed E-state index contributed by atoms with van der Waals surface area (Å²) >= 11 is 1.45. The molecule has 1 N–H and O–H groups in total. The van der Waals surface area contributed by atoms with Gasteiger partial charge in [-0.1, -0.05) is 49.9 Å². The smallest absolute Gasteiger partial charge is 0.497 e. The number of amidine groups is 1. The number of nitrogens with one attached hydrogen (secondary N) is 1. The van der Waals surface area contributed by atoms with E-state index in [2.05, 4.69) is 39.0 Å². The number of amides is 2. The third kappa shape index (κ3) is 7.81. The molecule has 2 heterocycles. The van der Waals surface area contributed by atoms with Gasteiger partial charge in [0.15, 0.2) is 11.0 Å². The lowest BCUT2D eigenvalue weighted by Gasteiger charge is -2.23. The van der Waals surface area contributed by atoms with Crippen LogP contribution in [0.4, 0.5) is 28.0 Å². The predicted molar refractivity (Wildman–Crippen MR) is 165 cm³/mol. The third-order valence-corrected chi connectivity index (χ3v) is 7.65. The number of carbonyl (C=O) groups is 1. The Kier molecular flexibility index (Phi) is 9.42. The number of nitrogens with zero attached hydrogens (tertiary/aromatic N) is 5. The number of carbonyl (C=O) groups excluding carboxylic acids is 1. The average Bonchev–Trinajstić information content (AvgIpc) is 3.69. The molecule has 4 aromatic rings. The molecule has 9 nitrogen and oxygen atoms in total. The van der Waals surface area contributed by atoms with Crippen LogP contribution >= 0.6 is 11.8 Å². The third-order valence-electron chi connectivity index (χ3n) is 6.69. The number of urea groups is 1. The van der Waals surface area contributed by atoms with Crippen molar-refractivity contribution in [2.24, 2.45) is 4.99 Å². The van der Waals surface area contributed by atoms with Crippen molar-refractivity contribution in [2.75, 3.05) is 24.3 Å². The van der Waals surface area contributed by atoms with Crippen molar-refractivity contribution < 1.29 is 31.8 Å². The van der Waals surface area contributed by atoms with Gasteiger partial charge < -0.3 is 19.7 Å². The largest absolute Gasteiger partial charge is 0.573 e. The summed E-state index contributed by atoms with van der Waals surface area (Å²) in [6, 6.07) is 16.5. The minimum atomic E-state index is -4.78. The molecule has 0 bridgehead atoms. The van der Waals surface area contributed by atoms with Crippen molar-refractivity contribution >= 4 is 34.5 Å². The number of halogens is 4. The Morgan fingerprint density at radius 3 is 2.44 bits per heavy atom. The number of aliphatic imine (C=N–C) groups is 1. The molecule has 14 heteroatoms. The van der Waals surface area contributed by atoms with E-state index in [0.29, 0.717) is 28.8 Å². The van der Waals surface area contributed by atoms with Crippen LogP contribution in [0.2, 0.25) is 0 Å². The van der Waals surface area contributed by atoms with Gasteiger partial charge in [0.2, 0.25) is 0 Å². The molecule has 0 aliphatic carbocycles. The van der Waals surface area contributed by atoms with Gasteiger partial charge in [-0.15, -0.1) is 18.3 Å². The second kappa shape index (κ2) is 13.4. The van der Waals surface area contributed by atoms with E-state index in [1.54, 1.807) is 19.2 Å². The highest BCUT2D eigenvalue weighted by molar-refractivity contribution is 8.14. The van der Waals surface area contributed by atoms with Gasteiger partial charge in [-0.2, -0.15) is 4.99 Å². The number of methoxy groups -OCH3 is 1. The molecule has 234 valence electrons. The van der Waals surface area contributed by atoms with Gasteiger partial charge in [0, 0.05) is 35.3 Å². The lowest BCUT2D eigenvalue weighted by Crippen LogP contribution is -2.27. The Morgan fingerprint density at radius 1 is 1.07 bits per heavy atom. The van der Waals surface area contributed by atoms with Gasteiger partial charge in [-0.3, -0.25) is 0 Å². The highest BCUT2D eigenvalue weighted by atomic mass is 32.2. The molecule has 0 unspecified atom stereocenters. The first-order chi connectivity index (χ1) is 21.5. The van der Waals surface area contributed by atoms with Gasteiger partial charge in [0.1, 0.15) is 23.7 Å². The molecule has 0 radical (unpaired) electrons. The molecule has 1 saturated heterocycles. The van der Waals surface area contributed by atoms with Gasteiger partial charge >= 0.3 is 12.4 Å². The second-order valence-corrected chi connectivity index (χ2v) is 11.1. The van der Waals surface area contributed by atoms with E-state index in [1.807, 2.05) is 23.1 Å². The van der Waals surface area contributed by atoms with Crippen molar-refractivity contribution in [1.82, 2.24) is 20.1 Å². The van der Waals surface area contributed by atoms with E-state index < -0.39 is 18.2 Å². The van der Waals surface area contributed by atoms with Gasteiger partial charge in [0.05, 0.1) is 12.8 Å². The number of hydrogen-bond donors (Lipinski definition) is 1. The zero-order valence-electron chi connectivity index (χ0n) is 24.4. The van der Waals surface area contributed by atoms with Crippen molar-refractivity contribution in [3.63, 3.8) is 0 Å². The number of thioether (sulfide) groups is 1. The van der Waals surface area contributed by atoms with Crippen molar-refractivity contribution in [3.05, 3.63) is 90.4 Å². The average molecular weight is 641 g/mol. The fourth-order valence-corrected chi connectivity index (χ4v) is 5.46. The van der Waals surface area contributed by atoms with Gasteiger partial charge in [-0.05, 0) is 53.9 Å². The molecule has 1 aliphatic heterocycles. The number of anilines is 1. The number of rotatable bonds is 8. The minimum absolute atomic E-state index is 0.211. The summed E-state index contributed by atoms with van der Waals surface area (Å²) in [6.45, 7) is 4.84. The molecule has 1 fully saturated rings. The first-order valence-electron chi connectivity index (χ1n) is 13.7. The van der Waals surface area contributed by atoms with E-state index in [4.69, 9.17) is 4.74 Å². The van der Waals surface area contributed by atoms with Gasteiger partial charge in [0.25, 0.3) is 0 Å². The van der Waals surface area contributed by atoms with Gasteiger partial charge in [-0.25, -0.2) is 18.9 Å². The molecule has 1 aromatic heterocycles. The summed E-state index contributed by atoms with van der Waals surface area (Å²) in [5, 5.41) is 7.26. The molecular formula is C31H28F4N6O3S. The molecular weight excluding hydrogens is 612 g/mol. The van der Waals surface area contributed by atoms with Crippen LogP contribution in [0.15, 0.2) is 84.2 Å². The maximum absolute atomic E-state index is 14.9. The van der Waals surface area contributed by atoms with Crippen LogP contribution in [-0.4, -0.2) is 51.7 Å². The molecule has 2 amide bonds. The first kappa shape index (κ1) is 31.6. The molecule has 3 aromatic carbocycles. The van der Waals surface area contributed by atoms with Crippen LogP contribution in [0.1, 0.15) is 30.9 Å². The summed E-state index contributed by atoms with van der Waals surface area (Å²) in [4.78, 5) is 23.0. The predicted octanol–water partition coefficient (Wildman–Crippen LogP) is 7.55. The zero-order chi connectivity index (χ0) is 32.1. The van der Waals surface area contributed by atoms with Crippen LogP contribution < -0.4 is 19.7 Å². The van der Waals surface area contributed by atoms with E-state index in [0.717, 1.165) is 29.0 Å². The van der Waals surface area contributed by atoms with Crippen molar-refractivity contribution in [2.45, 2.75) is 26.1 Å². The summed E-state index contributed by atoms with van der Waals surface area (Å²) in [5.41, 5.74) is 3.27. The highest BCUT2D eigenvalue weighted by Gasteiger charge is 2.31. The summed E-state index contributed by atoms with van der Waals surface area (Å²) in [7, 11) is 1.61. The van der Waals surface area contributed by atoms with E-state index in [9.17, 15) is 22.4 Å². The topological polar surface area (TPSA) is 93.9 Å². The normalized spacial score (nSPS) is 14.7. The molecule has 5 rings (SSSR count). The van der Waals surface area contributed by atoms with Crippen LogP contribution in [-0.2, 0) is 0 Å². The SMILES string of the molecule is COc1ccc(N2CCS/C2=N\C(=O)N/C=C(\F)c2ccc(-c3ncn(-c4ccc(OC(F)(F)F)cc4)n3)cc2)c(C(C)C)c1. The van der Waals surface area contributed by atoms with Crippen molar-refractivity contribution in [3.8, 4) is 28.6 Å². The van der Waals surface area contributed by atoms with Crippen LogP contribution in [0, 0.1) is 0 Å². The quantitative estimate of drug-likeness (QED) is 0.199. The summed E-state index contributed by atoms with van der Waals surface area (Å²) in [6.07, 6.45) is -2.42. The van der Waals surface area contributed by atoms with Crippen LogP contribution in [0.25, 0.3) is 22.9 Å². The lowest BCUT2D eigenvalue weighted by atomic mass is 10.00. The molecule has 0 spiro atoms. The fourth-order valence-electron chi connectivity index (χ4n) is 4.51. The number of alkyl halides is 3. The standard InChI is InChI=1S/C31H28F4N6O3S/c1-19(2)25-16-24(43-3)12-13-27(25)40-14-15-45-30(40)38-29(42)36-17-26(32)20-4-6-21(7-5-20)28-37-18-41(39-28)22-8-10-23(11-9-22)44-31(33,34)35/h4-13,16-19H,14-15H2,1-3H3,(H,36,42)/b26-17-,38-30-. The van der Waals surface area contributed by atoms with E-state index >= 15 is 0 Å². The highest BCUT2D eigenvalue weighted by Crippen LogP contribution is 2.35. The first-order valence-corrected chi connectivity index (χ1v) is 14.7. The zero-order valence-corrected chi connectivity index (χ0v) is 25.2. The minimum Gasteiger partial charge on any atom is -0.497 e. The van der Waals surface area contributed by atoms with Crippen LogP contribution in [0.3, 0.4) is 0 Å². The number of ether oxygens (including phenoxy) is 2. The summed E-state index contributed by atoms with van der Waals surface area (Å²) in [5.74, 6) is 1.01. The Bertz CT molecular complexity index is 1720. The Balaban J connectivity index is 1.23. The Labute approximate surface area is 260 Å². The second-order valence-electron chi connectivity index (χ2n) is 10.0. The maximum atomic E-state index is 14.9.